The first-order valence-electron chi connectivity index (χ1n) is 3.66. The van der Waals surface area contributed by atoms with Crippen LogP contribution in [-0.2, 0) is 0 Å². The van der Waals surface area contributed by atoms with Crippen molar-refractivity contribution in [1.29, 1.82) is 5.26 Å². The molecular weight excluding hydrogens is 150 g/mol. The molecule has 0 amide bonds. The molecule has 1 rings (SSSR count). The van der Waals surface area contributed by atoms with Crippen molar-refractivity contribution in [2.24, 2.45) is 0 Å². The Kier molecular flexibility index (Phi) is 5.46. The van der Waals surface area contributed by atoms with E-state index in [-0.39, 0.29) is 0 Å². The molecular formula is C10H13NO. The molecule has 0 spiro atoms. The van der Waals surface area contributed by atoms with Gasteiger partial charge in [-0.15, -0.1) is 0 Å². The normalized spacial score (nSPS) is 7.50. The Hall–Kier alpha value is -1.49. The molecule has 0 bridgehead atoms. The maximum absolute atomic E-state index is 7.32. The molecule has 2 nitrogen and oxygen atoms in total. The molecule has 12 heavy (non-hydrogen) atoms. The summed E-state index contributed by atoms with van der Waals surface area (Å²) in [6.45, 7) is 3.47. The van der Waals surface area contributed by atoms with Crippen molar-refractivity contribution < 1.29 is 4.74 Å². The quantitative estimate of drug-likeness (QED) is 0.637. The van der Waals surface area contributed by atoms with Crippen molar-refractivity contribution in [3.05, 3.63) is 29.8 Å². The molecule has 0 N–H and O–H groups in total. The highest BCUT2D eigenvalue weighted by atomic mass is 16.5. The molecule has 0 aliphatic rings. The number of nitrogens with zero attached hydrogens (tertiary/aromatic N) is 1. The van der Waals surface area contributed by atoms with E-state index in [0.717, 1.165) is 5.75 Å². The van der Waals surface area contributed by atoms with Crippen molar-refractivity contribution >= 4 is 0 Å². The lowest BCUT2D eigenvalue weighted by Crippen LogP contribution is -1.81. The van der Waals surface area contributed by atoms with E-state index in [0.29, 0.717) is 0 Å². The molecule has 0 saturated carbocycles. The third-order valence-electron chi connectivity index (χ3n) is 1.23. The third kappa shape index (κ3) is 4.35. The van der Waals surface area contributed by atoms with Crippen molar-refractivity contribution in [2.45, 2.75) is 13.8 Å². The van der Waals surface area contributed by atoms with Gasteiger partial charge < -0.3 is 4.74 Å². The largest absolute Gasteiger partial charge is 0.497 e. The van der Waals surface area contributed by atoms with Gasteiger partial charge >= 0.3 is 0 Å². The summed E-state index contributed by atoms with van der Waals surface area (Å²) >= 11 is 0. The van der Waals surface area contributed by atoms with E-state index in [1.165, 1.54) is 12.5 Å². The maximum Gasteiger partial charge on any atom is 0.119 e. The molecule has 0 saturated heterocycles. The maximum atomic E-state index is 7.32. The zero-order valence-corrected chi connectivity index (χ0v) is 7.66. The van der Waals surface area contributed by atoms with Crippen LogP contribution < -0.4 is 4.74 Å². The van der Waals surface area contributed by atoms with Crippen molar-refractivity contribution in [2.75, 3.05) is 7.11 Å². The van der Waals surface area contributed by atoms with E-state index in [1.807, 2.05) is 31.2 Å². The van der Waals surface area contributed by atoms with Gasteiger partial charge in [0.25, 0.3) is 0 Å². The second-order valence-electron chi connectivity index (χ2n) is 2.24. The molecule has 1 aromatic rings. The fourth-order valence-corrected chi connectivity index (χ4v) is 0.742. The Morgan fingerprint density at radius 3 is 2.33 bits per heavy atom. The lowest BCUT2D eigenvalue weighted by Gasteiger charge is -1.97. The standard InChI is InChI=1S/C8H10O.C2H3N/c1-7-4-3-5-8(6-7)9-2;1-2-3/h3-6H,1-2H3;1H3. The number of nitriles is 1. The average molecular weight is 163 g/mol. The molecule has 1 aromatic carbocycles. The van der Waals surface area contributed by atoms with Crippen molar-refractivity contribution in [3.8, 4) is 11.8 Å². The van der Waals surface area contributed by atoms with Crippen LogP contribution in [0.25, 0.3) is 0 Å². The van der Waals surface area contributed by atoms with Gasteiger partial charge in [0, 0.05) is 6.92 Å². The van der Waals surface area contributed by atoms with Crippen LogP contribution in [0.15, 0.2) is 24.3 Å². The summed E-state index contributed by atoms with van der Waals surface area (Å²) in [4.78, 5) is 0. The predicted molar refractivity (Wildman–Crippen MR) is 49.0 cm³/mol. The van der Waals surface area contributed by atoms with E-state index in [4.69, 9.17) is 10.00 Å². The molecule has 0 aromatic heterocycles. The molecule has 0 atom stereocenters. The first-order chi connectivity index (χ1) is 5.74. The number of methoxy groups -OCH3 is 1. The molecule has 0 heterocycles. The van der Waals surface area contributed by atoms with Crippen molar-refractivity contribution in [3.63, 3.8) is 0 Å². The van der Waals surface area contributed by atoms with Crippen LogP contribution in [-0.4, -0.2) is 7.11 Å². The second-order valence-corrected chi connectivity index (χ2v) is 2.24. The van der Waals surface area contributed by atoms with E-state index < -0.39 is 0 Å². The third-order valence-corrected chi connectivity index (χ3v) is 1.23. The number of hydrogen-bond acceptors (Lipinski definition) is 2. The summed E-state index contributed by atoms with van der Waals surface area (Å²) in [6.07, 6.45) is 0. The fourth-order valence-electron chi connectivity index (χ4n) is 0.742. The first-order valence-corrected chi connectivity index (χ1v) is 3.66. The topological polar surface area (TPSA) is 33.0 Å². The van der Waals surface area contributed by atoms with Crippen LogP contribution in [0.1, 0.15) is 12.5 Å². The highest BCUT2D eigenvalue weighted by Gasteiger charge is 1.86. The summed E-state index contributed by atoms with van der Waals surface area (Å²) < 4.78 is 5.00. The Labute approximate surface area is 73.4 Å². The Morgan fingerprint density at radius 1 is 1.42 bits per heavy atom. The molecule has 2 heteroatoms. The van der Waals surface area contributed by atoms with Gasteiger partial charge in [0.2, 0.25) is 0 Å². The molecule has 0 unspecified atom stereocenters. The summed E-state index contributed by atoms with van der Waals surface area (Å²) in [5.41, 5.74) is 1.23. The fraction of sp³-hybridized carbons (Fsp3) is 0.300. The van der Waals surface area contributed by atoms with E-state index >= 15 is 0 Å². The lowest BCUT2D eigenvalue weighted by molar-refractivity contribution is 0.414. The summed E-state index contributed by atoms with van der Waals surface area (Å²) in [5, 5.41) is 7.32. The molecule has 0 fully saturated rings. The zero-order chi connectivity index (χ0) is 9.40. The van der Waals surface area contributed by atoms with Gasteiger partial charge in [-0.05, 0) is 24.6 Å². The van der Waals surface area contributed by atoms with Crippen molar-refractivity contribution in [1.82, 2.24) is 0 Å². The Morgan fingerprint density at radius 2 is 2.00 bits per heavy atom. The summed E-state index contributed by atoms with van der Waals surface area (Å²) in [7, 11) is 1.68. The second kappa shape index (κ2) is 6.23. The van der Waals surface area contributed by atoms with Gasteiger partial charge in [-0.3, -0.25) is 0 Å². The summed E-state index contributed by atoms with van der Waals surface area (Å²) in [5.74, 6) is 0.926. The van der Waals surface area contributed by atoms with Crippen LogP contribution in [0.5, 0.6) is 5.75 Å². The van der Waals surface area contributed by atoms with Gasteiger partial charge in [-0.25, -0.2) is 0 Å². The number of rotatable bonds is 1. The molecule has 0 aliphatic carbocycles. The highest BCUT2D eigenvalue weighted by molar-refractivity contribution is 5.27. The highest BCUT2D eigenvalue weighted by Crippen LogP contribution is 2.10. The van der Waals surface area contributed by atoms with Gasteiger partial charge in [0.15, 0.2) is 0 Å². The van der Waals surface area contributed by atoms with Crippen LogP contribution in [0.2, 0.25) is 0 Å². The Bertz CT molecular complexity index is 263. The van der Waals surface area contributed by atoms with Crippen LogP contribution >= 0.6 is 0 Å². The minimum absolute atomic E-state index is 0.926. The average Bonchev–Trinajstić information content (AvgIpc) is 2.06. The zero-order valence-electron chi connectivity index (χ0n) is 7.66. The van der Waals surface area contributed by atoms with Crippen LogP contribution in [0, 0.1) is 18.3 Å². The van der Waals surface area contributed by atoms with E-state index in [1.54, 1.807) is 13.2 Å². The minimum Gasteiger partial charge on any atom is -0.497 e. The number of benzene rings is 1. The molecule has 64 valence electrons. The van der Waals surface area contributed by atoms with Gasteiger partial charge in [0.1, 0.15) is 5.75 Å². The SMILES string of the molecule is CC#N.COc1cccc(C)c1. The Balaban J connectivity index is 0.000000354. The monoisotopic (exact) mass is 163 g/mol. The number of aryl methyl sites for hydroxylation is 1. The van der Waals surface area contributed by atoms with Gasteiger partial charge in [-0.1, -0.05) is 12.1 Å². The lowest BCUT2D eigenvalue weighted by atomic mass is 10.2. The first kappa shape index (κ1) is 10.5. The van der Waals surface area contributed by atoms with E-state index in [9.17, 15) is 0 Å². The minimum atomic E-state index is 0.926. The van der Waals surface area contributed by atoms with Crippen LogP contribution in [0.3, 0.4) is 0 Å². The van der Waals surface area contributed by atoms with E-state index in [2.05, 4.69) is 0 Å². The van der Waals surface area contributed by atoms with Crippen LogP contribution in [0.4, 0.5) is 0 Å². The number of hydrogen-bond donors (Lipinski definition) is 0. The number of ether oxygens (including phenoxy) is 1. The molecule has 0 radical (unpaired) electrons. The van der Waals surface area contributed by atoms with Gasteiger partial charge in [0.05, 0.1) is 13.2 Å². The molecule has 0 aliphatic heterocycles. The van der Waals surface area contributed by atoms with Gasteiger partial charge in [-0.2, -0.15) is 5.26 Å². The smallest absolute Gasteiger partial charge is 0.119 e. The summed E-state index contributed by atoms with van der Waals surface area (Å²) in [6, 6.07) is 9.71. The predicted octanol–water partition coefficient (Wildman–Crippen LogP) is 2.53.